The third kappa shape index (κ3) is 16.3. The molecule has 0 bridgehead atoms. The number of carbonyl (C=O) groups is 5. The average molecular weight is 959 g/mol. The predicted molar refractivity (Wildman–Crippen MR) is 244 cm³/mol. The maximum Gasteiger partial charge on any atom is 0.508 e. The first-order chi connectivity index (χ1) is 32.5. The van der Waals surface area contributed by atoms with Crippen LogP contribution in [-0.2, 0) is 46.8 Å². The Bertz CT molecular complexity index is 1920. The summed E-state index contributed by atoms with van der Waals surface area (Å²) in [5, 5.41) is 2.77. The van der Waals surface area contributed by atoms with E-state index in [1.165, 1.54) is 15.9 Å². The zero-order valence-corrected chi connectivity index (χ0v) is 39.7. The summed E-state index contributed by atoms with van der Waals surface area (Å²) >= 11 is 0. The molecule has 2 aliphatic heterocycles. The van der Waals surface area contributed by atoms with Gasteiger partial charge >= 0.3 is 26.0 Å². The molecule has 4 aliphatic rings. The predicted octanol–water partition coefficient (Wildman–Crippen LogP) is 6.75. The molecule has 0 spiro atoms. The number of hydrogen-bond acceptors (Lipinski definition) is 17. The molecule has 3 amide bonds. The number of carbonyl (C=O) groups excluding carboxylic acids is 5. The molecule has 2 aromatic rings. The van der Waals surface area contributed by atoms with Gasteiger partial charge in [0.05, 0.1) is 32.1 Å². The molecule has 1 aromatic carbocycles. The fourth-order valence-corrected chi connectivity index (χ4v) is 10.1. The lowest BCUT2D eigenvalue weighted by Gasteiger charge is -2.36. The molecule has 6 rings (SSSR count). The van der Waals surface area contributed by atoms with Crippen molar-refractivity contribution >= 4 is 43.6 Å². The number of aromatic nitrogens is 2. The van der Waals surface area contributed by atoms with Crippen molar-refractivity contribution in [1.82, 2.24) is 25.1 Å². The smallest absolute Gasteiger partial charge is 0.449 e. The molecule has 3 heterocycles. The highest BCUT2D eigenvalue weighted by Crippen LogP contribution is 2.49. The van der Waals surface area contributed by atoms with Crippen molar-refractivity contribution < 1.29 is 66.0 Å². The van der Waals surface area contributed by atoms with Gasteiger partial charge in [0, 0.05) is 58.0 Å². The summed E-state index contributed by atoms with van der Waals surface area (Å²) in [5.74, 6) is -0.645. The Morgan fingerprint density at radius 1 is 0.716 bits per heavy atom. The van der Waals surface area contributed by atoms with Crippen molar-refractivity contribution in [2.45, 2.75) is 115 Å². The molecule has 2 atom stereocenters. The van der Waals surface area contributed by atoms with Gasteiger partial charge in [-0.2, -0.15) is 0 Å². The maximum absolute atomic E-state index is 14.8. The lowest BCUT2D eigenvalue weighted by molar-refractivity contribution is -0.134. The molecular weight excluding hydrogens is 892 g/mol. The number of hydrogen-bond donors (Lipinski definition) is 1. The number of rotatable bonds is 21. The number of amides is 3. The molecule has 21 heteroatoms. The first-order valence-electron chi connectivity index (χ1n) is 23.8. The number of benzene rings is 1. The van der Waals surface area contributed by atoms with Gasteiger partial charge in [-0.15, -0.1) is 0 Å². The molecule has 1 N–H and O–H groups in total. The molecule has 2 aliphatic carbocycles. The third-order valence-corrected chi connectivity index (χ3v) is 14.1. The van der Waals surface area contributed by atoms with Crippen LogP contribution in [0, 0.1) is 0 Å². The van der Waals surface area contributed by atoms with Gasteiger partial charge in [-0.1, -0.05) is 56.5 Å². The molecule has 2 saturated heterocycles. The molecule has 0 unspecified atom stereocenters. The van der Waals surface area contributed by atoms with Crippen LogP contribution in [0.1, 0.15) is 101 Å². The van der Waals surface area contributed by atoms with E-state index in [1.54, 1.807) is 7.11 Å². The lowest BCUT2D eigenvalue weighted by Crippen LogP contribution is -2.57. The van der Waals surface area contributed by atoms with Gasteiger partial charge in [0.1, 0.15) is 43.0 Å². The van der Waals surface area contributed by atoms with Crippen LogP contribution in [0.5, 0.6) is 0 Å². The van der Waals surface area contributed by atoms with Gasteiger partial charge in [0.2, 0.25) is 5.91 Å². The van der Waals surface area contributed by atoms with Crippen LogP contribution in [0.4, 0.5) is 20.2 Å². The summed E-state index contributed by atoms with van der Waals surface area (Å²) in [6.45, 7) is 2.30. The standard InChI is InChI=1S/C46H67N6O14P/c1-3-4-26-60-44(55)51-24-22-50(23-25-51)43(54)39(48-42(53)38-31-40(52-21-20-37(32-52)59-2)49-41(47-38)34-14-8-5-9-15-34)33-67(58,63-29-27-61-45(56)65-35-16-10-6-11-17-35)64-30-28-62-46(57)66-36-18-12-7-13-19-36/h5,8-9,14-15,31,35-37,39H,3-4,6-7,10-13,16-30,32-33H2,1-2H3,(H,48,53)/t37-,39-/m0/s1. The number of unbranched alkanes of at least 4 members (excludes halogenated alkanes) is 1. The number of ether oxygens (including phenoxy) is 6. The van der Waals surface area contributed by atoms with E-state index in [0.29, 0.717) is 24.5 Å². The molecule has 370 valence electrons. The van der Waals surface area contributed by atoms with E-state index in [9.17, 15) is 28.5 Å². The summed E-state index contributed by atoms with van der Waals surface area (Å²) in [5.41, 5.74) is 0.592. The molecule has 67 heavy (non-hydrogen) atoms. The van der Waals surface area contributed by atoms with E-state index < -0.39 is 63.2 Å². The minimum atomic E-state index is -4.42. The second kappa shape index (κ2) is 26.5. The largest absolute Gasteiger partial charge is 0.508 e. The number of nitrogens with one attached hydrogen (secondary N) is 1. The average Bonchev–Trinajstić information content (AvgIpc) is 3.85. The number of methoxy groups -OCH3 is 1. The monoisotopic (exact) mass is 958 g/mol. The van der Waals surface area contributed by atoms with Gasteiger partial charge in [-0.3, -0.25) is 14.2 Å². The fraction of sp³-hybridized carbons (Fsp3) is 0.674. The van der Waals surface area contributed by atoms with Crippen molar-refractivity contribution in [2.24, 2.45) is 0 Å². The second-order valence-electron chi connectivity index (χ2n) is 17.1. The quantitative estimate of drug-likeness (QED) is 0.0591. The molecule has 0 radical (unpaired) electrons. The van der Waals surface area contributed by atoms with Crippen molar-refractivity contribution in [3.63, 3.8) is 0 Å². The van der Waals surface area contributed by atoms with E-state index in [1.807, 2.05) is 42.2 Å². The van der Waals surface area contributed by atoms with Gasteiger partial charge < -0.3 is 57.5 Å². The summed E-state index contributed by atoms with van der Waals surface area (Å²) in [7, 11) is -2.78. The maximum atomic E-state index is 14.8. The number of piperazine rings is 1. The Morgan fingerprint density at radius 2 is 1.31 bits per heavy atom. The second-order valence-corrected chi connectivity index (χ2v) is 19.2. The fourth-order valence-electron chi connectivity index (χ4n) is 8.38. The van der Waals surface area contributed by atoms with Gasteiger partial charge in [-0.25, -0.2) is 24.4 Å². The topological polar surface area (TPSA) is 224 Å². The molecule has 1 aromatic heterocycles. The molecular formula is C46H67N6O14P. The van der Waals surface area contributed by atoms with E-state index >= 15 is 0 Å². The minimum Gasteiger partial charge on any atom is -0.449 e. The Labute approximate surface area is 392 Å². The Kier molecular flexibility index (Phi) is 20.3. The highest BCUT2D eigenvalue weighted by atomic mass is 31.2. The first kappa shape index (κ1) is 51.4. The van der Waals surface area contributed by atoms with E-state index in [2.05, 4.69) is 10.3 Å². The van der Waals surface area contributed by atoms with E-state index in [4.69, 9.17) is 42.5 Å². The van der Waals surface area contributed by atoms with Crippen LogP contribution in [0.25, 0.3) is 11.4 Å². The minimum absolute atomic E-state index is 0.0388. The van der Waals surface area contributed by atoms with Crippen molar-refractivity contribution in [3.8, 4) is 11.4 Å². The molecule has 4 fully saturated rings. The summed E-state index contributed by atoms with van der Waals surface area (Å²) in [6, 6.07) is 9.14. The van der Waals surface area contributed by atoms with E-state index in [-0.39, 0.29) is 75.8 Å². The van der Waals surface area contributed by atoms with Crippen LogP contribution in [0.2, 0.25) is 0 Å². The zero-order valence-electron chi connectivity index (χ0n) is 38.8. The highest BCUT2D eigenvalue weighted by Gasteiger charge is 2.39. The van der Waals surface area contributed by atoms with Gasteiger partial charge in [0.25, 0.3) is 5.91 Å². The van der Waals surface area contributed by atoms with Crippen LogP contribution in [0.3, 0.4) is 0 Å². The Balaban J connectivity index is 1.21. The van der Waals surface area contributed by atoms with Crippen molar-refractivity contribution in [3.05, 3.63) is 42.1 Å². The van der Waals surface area contributed by atoms with Crippen LogP contribution in [0.15, 0.2) is 36.4 Å². The van der Waals surface area contributed by atoms with Crippen LogP contribution >= 0.6 is 7.60 Å². The van der Waals surface area contributed by atoms with Crippen LogP contribution < -0.4 is 10.2 Å². The normalized spacial score (nSPS) is 18.8. The lowest BCUT2D eigenvalue weighted by atomic mass is 9.98. The first-order valence-corrected chi connectivity index (χ1v) is 25.5. The SMILES string of the molecule is CCCCOC(=O)N1CCN(C(=O)[C@H](CP(=O)(OCCOC(=O)OC2CCCCC2)OCCOC(=O)OC2CCCCC2)NC(=O)c2cc(N3CC[C@H](OC)C3)nc(-c3ccccc3)n2)CC1. The van der Waals surface area contributed by atoms with Gasteiger partial charge in [0.15, 0.2) is 5.82 Å². The third-order valence-electron chi connectivity index (χ3n) is 12.2. The summed E-state index contributed by atoms with van der Waals surface area (Å²) < 4.78 is 58.8. The van der Waals surface area contributed by atoms with Gasteiger partial charge in [-0.05, 0) is 64.2 Å². The van der Waals surface area contributed by atoms with Crippen LogP contribution in [-0.4, -0.2) is 160 Å². The van der Waals surface area contributed by atoms with Crippen molar-refractivity contribution in [2.75, 3.05) is 90.5 Å². The number of nitrogens with zero attached hydrogens (tertiary/aromatic N) is 5. The molecule has 20 nitrogen and oxygen atoms in total. The Morgan fingerprint density at radius 3 is 1.88 bits per heavy atom. The van der Waals surface area contributed by atoms with E-state index in [0.717, 1.165) is 83.5 Å². The zero-order chi connectivity index (χ0) is 47.4. The summed E-state index contributed by atoms with van der Waals surface area (Å²) in [4.78, 5) is 81.2. The molecule has 2 saturated carbocycles. The highest BCUT2D eigenvalue weighted by molar-refractivity contribution is 7.54. The Hall–Kier alpha value is -5.04. The van der Waals surface area contributed by atoms with Crippen molar-refractivity contribution in [1.29, 1.82) is 0 Å². The summed E-state index contributed by atoms with van der Waals surface area (Å²) in [6.07, 6.45) is 7.69. The number of anilines is 1.